The molecular formula is C24H29F3N4O3. The van der Waals surface area contributed by atoms with Crippen LogP contribution in [0.4, 0.5) is 13.2 Å². The van der Waals surface area contributed by atoms with E-state index in [1.165, 1.54) is 6.07 Å². The van der Waals surface area contributed by atoms with Crippen LogP contribution in [0.1, 0.15) is 39.5 Å². The van der Waals surface area contributed by atoms with E-state index in [1.54, 1.807) is 6.92 Å². The summed E-state index contributed by atoms with van der Waals surface area (Å²) in [6.45, 7) is 6.24. The van der Waals surface area contributed by atoms with Crippen LogP contribution in [0, 0.1) is 13.8 Å². The van der Waals surface area contributed by atoms with Gasteiger partial charge >= 0.3 is 6.18 Å². The lowest BCUT2D eigenvalue weighted by molar-refractivity contribution is -0.137. The molecule has 0 bridgehead atoms. The number of likely N-dealkylation sites (N-methyl/N-ethyl adjacent to an activating group) is 1. The second kappa shape index (κ2) is 12.2. The third-order valence-corrected chi connectivity index (χ3v) is 5.03. The molecule has 0 unspecified atom stereocenters. The summed E-state index contributed by atoms with van der Waals surface area (Å²) in [6, 6.07) is 9.02. The van der Waals surface area contributed by atoms with Gasteiger partial charge in [-0.25, -0.2) is 0 Å². The van der Waals surface area contributed by atoms with Gasteiger partial charge in [0.1, 0.15) is 6.04 Å². The SMILES string of the molecule is CCNC(=O)[C@H](CNCc1ccc(C)cc1C)NC(=O)CNC(=O)c1cccc(C(F)(F)F)c1. The molecule has 0 spiro atoms. The van der Waals surface area contributed by atoms with Crippen molar-refractivity contribution >= 4 is 17.7 Å². The van der Waals surface area contributed by atoms with E-state index in [-0.39, 0.29) is 12.1 Å². The number of alkyl halides is 3. The van der Waals surface area contributed by atoms with Crippen LogP contribution in [-0.2, 0) is 22.3 Å². The molecule has 2 aromatic carbocycles. The third kappa shape index (κ3) is 8.18. The molecule has 10 heteroatoms. The third-order valence-electron chi connectivity index (χ3n) is 5.03. The number of nitrogens with one attached hydrogen (secondary N) is 4. The van der Waals surface area contributed by atoms with Gasteiger partial charge in [-0.3, -0.25) is 14.4 Å². The Morgan fingerprint density at radius 1 is 1.00 bits per heavy atom. The highest BCUT2D eigenvalue weighted by Crippen LogP contribution is 2.29. The predicted molar refractivity (Wildman–Crippen MR) is 122 cm³/mol. The number of carbonyl (C=O) groups is 3. The Balaban J connectivity index is 1.93. The maximum absolute atomic E-state index is 12.8. The highest BCUT2D eigenvalue weighted by Gasteiger charge is 2.31. The highest BCUT2D eigenvalue weighted by atomic mass is 19.4. The standard InChI is InChI=1S/C24H29F3N4O3/c1-4-29-23(34)20(13-28-12-18-9-8-15(2)10-16(18)3)31-21(32)14-30-22(33)17-6-5-7-19(11-17)24(25,26)27/h5-11,20,28H,4,12-14H2,1-3H3,(H,29,34)(H,30,33)(H,31,32)/t20-/m0/s1. The second-order valence-electron chi connectivity index (χ2n) is 7.84. The topological polar surface area (TPSA) is 99.3 Å². The van der Waals surface area contributed by atoms with Gasteiger partial charge in [0.25, 0.3) is 5.91 Å². The molecule has 0 saturated carbocycles. The van der Waals surface area contributed by atoms with Crippen molar-refractivity contribution in [3.8, 4) is 0 Å². The average Bonchev–Trinajstić information content (AvgIpc) is 2.77. The molecule has 34 heavy (non-hydrogen) atoms. The van der Waals surface area contributed by atoms with E-state index < -0.39 is 42.0 Å². The van der Waals surface area contributed by atoms with E-state index in [4.69, 9.17) is 0 Å². The van der Waals surface area contributed by atoms with Gasteiger partial charge in [-0.15, -0.1) is 0 Å². The maximum Gasteiger partial charge on any atom is 0.416 e. The van der Waals surface area contributed by atoms with Crippen molar-refractivity contribution < 1.29 is 27.6 Å². The van der Waals surface area contributed by atoms with E-state index in [1.807, 2.05) is 32.0 Å². The van der Waals surface area contributed by atoms with E-state index in [2.05, 4.69) is 21.3 Å². The minimum Gasteiger partial charge on any atom is -0.355 e. The van der Waals surface area contributed by atoms with Gasteiger partial charge in [0, 0.05) is 25.2 Å². The predicted octanol–water partition coefficient (Wildman–Crippen LogP) is 2.46. The van der Waals surface area contributed by atoms with Crippen molar-refractivity contribution in [1.82, 2.24) is 21.3 Å². The quantitative estimate of drug-likeness (QED) is 0.422. The van der Waals surface area contributed by atoms with Crippen molar-refractivity contribution in [2.75, 3.05) is 19.6 Å². The molecule has 0 aliphatic heterocycles. The molecule has 1 atom stereocenters. The van der Waals surface area contributed by atoms with Gasteiger partial charge in [-0.2, -0.15) is 13.2 Å². The van der Waals surface area contributed by atoms with Crippen molar-refractivity contribution in [1.29, 1.82) is 0 Å². The van der Waals surface area contributed by atoms with Gasteiger partial charge in [0.2, 0.25) is 11.8 Å². The molecule has 0 saturated heterocycles. The number of benzene rings is 2. The number of aryl methyl sites for hydroxylation is 2. The van der Waals surface area contributed by atoms with Gasteiger partial charge in [-0.05, 0) is 50.1 Å². The van der Waals surface area contributed by atoms with Crippen LogP contribution >= 0.6 is 0 Å². The van der Waals surface area contributed by atoms with Gasteiger partial charge < -0.3 is 21.3 Å². The van der Waals surface area contributed by atoms with Crippen LogP contribution in [0.5, 0.6) is 0 Å². The molecule has 0 radical (unpaired) electrons. The Labute approximate surface area is 196 Å². The highest BCUT2D eigenvalue weighted by molar-refractivity contribution is 5.97. The van der Waals surface area contributed by atoms with Crippen molar-refractivity contribution in [3.05, 3.63) is 70.3 Å². The van der Waals surface area contributed by atoms with E-state index in [0.29, 0.717) is 19.2 Å². The van der Waals surface area contributed by atoms with Gasteiger partial charge in [-0.1, -0.05) is 29.8 Å². The Hall–Kier alpha value is -3.40. The molecule has 7 nitrogen and oxygen atoms in total. The summed E-state index contributed by atoms with van der Waals surface area (Å²) in [5.41, 5.74) is 2.11. The molecule has 2 aromatic rings. The summed E-state index contributed by atoms with van der Waals surface area (Å²) in [5, 5.41) is 10.6. The van der Waals surface area contributed by atoms with Gasteiger partial charge in [0.05, 0.1) is 12.1 Å². The van der Waals surface area contributed by atoms with Gasteiger partial charge in [0.15, 0.2) is 0 Å². The van der Waals surface area contributed by atoms with E-state index in [0.717, 1.165) is 28.8 Å². The van der Waals surface area contributed by atoms with Crippen molar-refractivity contribution in [2.24, 2.45) is 0 Å². The molecule has 0 aliphatic carbocycles. The Kier molecular flexibility index (Phi) is 9.61. The number of amides is 3. The van der Waals surface area contributed by atoms with E-state index in [9.17, 15) is 27.6 Å². The lowest BCUT2D eigenvalue weighted by Gasteiger charge is -2.19. The molecule has 0 aromatic heterocycles. The summed E-state index contributed by atoms with van der Waals surface area (Å²) in [7, 11) is 0. The minimum absolute atomic E-state index is 0.145. The molecular weight excluding hydrogens is 449 g/mol. The summed E-state index contributed by atoms with van der Waals surface area (Å²) < 4.78 is 38.5. The largest absolute Gasteiger partial charge is 0.416 e. The molecule has 0 heterocycles. The van der Waals surface area contributed by atoms with Crippen LogP contribution < -0.4 is 21.3 Å². The molecule has 0 fully saturated rings. The Morgan fingerprint density at radius 2 is 1.74 bits per heavy atom. The number of rotatable bonds is 10. The number of hydrogen-bond acceptors (Lipinski definition) is 4. The fraction of sp³-hybridized carbons (Fsp3) is 0.375. The van der Waals surface area contributed by atoms with Crippen LogP contribution in [0.2, 0.25) is 0 Å². The molecule has 4 N–H and O–H groups in total. The summed E-state index contributed by atoms with van der Waals surface area (Å²) in [4.78, 5) is 36.9. The van der Waals surface area contributed by atoms with Crippen LogP contribution in [0.15, 0.2) is 42.5 Å². The fourth-order valence-corrected chi connectivity index (χ4v) is 3.25. The number of halogens is 3. The van der Waals surface area contributed by atoms with Crippen LogP contribution in [0.25, 0.3) is 0 Å². The monoisotopic (exact) mass is 478 g/mol. The minimum atomic E-state index is -4.59. The molecule has 184 valence electrons. The first-order valence-electron chi connectivity index (χ1n) is 10.8. The first-order chi connectivity index (χ1) is 16.0. The summed E-state index contributed by atoms with van der Waals surface area (Å²) in [5.74, 6) is -1.87. The molecule has 2 rings (SSSR count). The molecule has 3 amide bonds. The summed E-state index contributed by atoms with van der Waals surface area (Å²) in [6.07, 6.45) is -4.59. The number of carbonyl (C=O) groups excluding carboxylic acids is 3. The number of hydrogen-bond donors (Lipinski definition) is 4. The van der Waals surface area contributed by atoms with E-state index >= 15 is 0 Å². The van der Waals surface area contributed by atoms with Crippen molar-refractivity contribution in [2.45, 2.75) is 39.5 Å². The zero-order valence-corrected chi connectivity index (χ0v) is 19.3. The fourth-order valence-electron chi connectivity index (χ4n) is 3.25. The van der Waals surface area contributed by atoms with Crippen LogP contribution in [-0.4, -0.2) is 43.4 Å². The normalized spacial score (nSPS) is 12.1. The Bertz CT molecular complexity index is 1020. The first-order valence-corrected chi connectivity index (χ1v) is 10.8. The lowest BCUT2D eigenvalue weighted by Crippen LogP contribution is -2.53. The molecule has 0 aliphatic rings. The second-order valence-corrected chi connectivity index (χ2v) is 7.84. The zero-order chi connectivity index (χ0) is 25.3. The summed E-state index contributed by atoms with van der Waals surface area (Å²) >= 11 is 0. The average molecular weight is 479 g/mol. The lowest BCUT2D eigenvalue weighted by atomic mass is 10.1. The zero-order valence-electron chi connectivity index (χ0n) is 19.3. The Morgan fingerprint density at radius 3 is 2.38 bits per heavy atom. The van der Waals surface area contributed by atoms with Crippen molar-refractivity contribution in [3.63, 3.8) is 0 Å². The van der Waals surface area contributed by atoms with Crippen LogP contribution in [0.3, 0.4) is 0 Å². The first kappa shape index (κ1) is 26.8. The smallest absolute Gasteiger partial charge is 0.355 e. The maximum atomic E-state index is 12.8.